The van der Waals surface area contributed by atoms with E-state index in [1.807, 2.05) is 6.07 Å². The Kier molecular flexibility index (Phi) is 4.21. The van der Waals surface area contributed by atoms with Gasteiger partial charge in [-0.3, -0.25) is 0 Å². The average molecular weight is 311 g/mol. The van der Waals surface area contributed by atoms with Gasteiger partial charge in [0.25, 0.3) is 0 Å². The van der Waals surface area contributed by atoms with Gasteiger partial charge in [-0.15, -0.1) is 0 Å². The summed E-state index contributed by atoms with van der Waals surface area (Å²) in [4.78, 5) is 2.51. The van der Waals surface area contributed by atoms with E-state index in [2.05, 4.69) is 48.0 Å². The third-order valence-electron chi connectivity index (χ3n) is 4.01. The third-order valence-corrected chi connectivity index (χ3v) is 5.66. The molecular formula is C16H23ClN2S. The third kappa shape index (κ3) is 3.44. The van der Waals surface area contributed by atoms with Crippen molar-refractivity contribution >= 4 is 29.1 Å². The van der Waals surface area contributed by atoms with Crippen LogP contribution in [0.1, 0.15) is 32.3 Å². The van der Waals surface area contributed by atoms with Crippen LogP contribution in [0.4, 0.5) is 5.69 Å². The fourth-order valence-corrected chi connectivity index (χ4v) is 4.12. The summed E-state index contributed by atoms with van der Waals surface area (Å²) in [6, 6.07) is 7.03. The van der Waals surface area contributed by atoms with Crippen LogP contribution in [0.3, 0.4) is 0 Å². The first-order chi connectivity index (χ1) is 9.55. The van der Waals surface area contributed by atoms with Crippen LogP contribution in [0.15, 0.2) is 18.2 Å². The summed E-state index contributed by atoms with van der Waals surface area (Å²) < 4.78 is 0.321. The van der Waals surface area contributed by atoms with Crippen LogP contribution in [-0.2, 0) is 6.54 Å². The van der Waals surface area contributed by atoms with Crippen molar-refractivity contribution < 1.29 is 0 Å². The molecule has 0 amide bonds. The van der Waals surface area contributed by atoms with Crippen molar-refractivity contribution in [3.63, 3.8) is 0 Å². The molecule has 2 nitrogen and oxygen atoms in total. The molecule has 1 saturated heterocycles. The highest BCUT2D eigenvalue weighted by molar-refractivity contribution is 8.00. The van der Waals surface area contributed by atoms with Gasteiger partial charge < -0.3 is 10.2 Å². The van der Waals surface area contributed by atoms with Crippen molar-refractivity contribution in [3.8, 4) is 0 Å². The Bertz CT molecular complexity index is 485. The maximum atomic E-state index is 6.45. The zero-order chi connectivity index (χ0) is 14.2. The number of nitrogens with zero attached hydrogens (tertiary/aromatic N) is 1. The lowest BCUT2D eigenvalue weighted by atomic mass is 10.1. The molecule has 1 aromatic rings. The van der Waals surface area contributed by atoms with Crippen LogP contribution in [0, 0.1) is 0 Å². The van der Waals surface area contributed by atoms with Gasteiger partial charge >= 0.3 is 0 Å². The number of nitrogens with one attached hydrogen (secondary N) is 1. The molecule has 1 aliphatic heterocycles. The van der Waals surface area contributed by atoms with E-state index in [9.17, 15) is 0 Å². The van der Waals surface area contributed by atoms with E-state index in [0.717, 1.165) is 24.7 Å². The highest BCUT2D eigenvalue weighted by Crippen LogP contribution is 2.35. The maximum Gasteiger partial charge on any atom is 0.0471 e. The summed E-state index contributed by atoms with van der Waals surface area (Å²) in [6.45, 7) is 7.76. The van der Waals surface area contributed by atoms with Crippen molar-refractivity contribution in [2.45, 2.75) is 44.0 Å². The van der Waals surface area contributed by atoms with Crippen LogP contribution in [0.5, 0.6) is 0 Å². The Hall–Kier alpha value is -0.380. The molecule has 0 spiro atoms. The van der Waals surface area contributed by atoms with Gasteiger partial charge in [-0.2, -0.15) is 11.8 Å². The van der Waals surface area contributed by atoms with E-state index in [4.69, 9.17) is 11.6 Å². The van der Waals surface area contributed by atoms with Crippen molar-refractivity contribution in [3.05, 3.63) is 28.8 Å². The Morgan fingerprint density at radius 3 is 2.90 bits per heavy atom. The standard InChI is InChI=1S/C16H23ClN2S/c1-16(2)11-19(8-9-20-16)15-5-3-4-14(17)13(15)10-18-12-6-7-12/h3-5,12,18H,6-11H2,1-2H3. The van der Waals surface area contributed by atoms with Crippen LogP contribution in [0.2, 0.25) is 5.02 Å². The fraction of sp³-hybridized carbons (Fsp3) is 0.625. The van der Waals surface area contributed by atoms with Crippen LogP contribution >= 0.6 is 23.4 Å². The summed E-state index contributed by atoms with van der Waals surface area (Å²) in [5, 5.41) is 4.49. The van der Waals surface area contributed by atoms with E-state index >= 15 is 0 Å². The largest absolute Gasteiger partial charge is 0.369 e. The first-order valence-electron chi connectivity index (χ1n) is 7.45. The Morgan fingerprint density at radius 1 is 1.40 bits per heavy atom. The van der Waals surface area contributed by atoms with Crippen molar-refractivity contribution in [1.29, 1.82) is 0 Å². The van der Waals surface area contributed by atoms with E-state index in [1.165, 1.54) is 29.8 Å². The van der Waals surface area contributed by atoms with Crippen LogP contribution in [0.25, 0.3) is 0 Å². The summed E-state index contributed by atoms with van der Waals surface area (Å²) in [7, 11) is 0. The molecule has 20 heavy (non-hydrogen) atoms. The van der Waals surface area contributed by atoms with Gasteiger partial charge in [-0.1, -0.05) is 17.7 Å². The zero-order valence-electron chi connectivity index (χ0n) is 12.3. The van der Waals surface area contributed by atoms with Crippen LogP contribution < -0.4 is 10.2 Å². The smallest absolute Gasteiger partial charge is 0.0471 e. The number of benzene rings is 1. The molecule has 0 atom stereocenters. The van der Waals surface area contributed by atoms with Gasteiger partial charge in [0.2, 0.25) is 0 Å². The number of halogens is 1. The van der Waals surface area contributed by atoms with Gasteiger partial charge in [-0.25, -0.2) is 0 Å². The number of hydrogen-bond acceptors (Lipinski definition) is 3. The zero-order valence-corrected chi connectivity index (χ0v) is 13.9. The lowest BCUT2D eigenvalue weighted by Crippen LogP contribution is -2.43. The lowest BCUT2D eigenvalue weighted by molar-refractivity contribution is 0.638. The van der Waals surface area contributed by atoms with Crippen LogP contribution in [-0.4, -0.2) is 29.6 Å². The van der Waals surface area contributed by atoms with Gasteiger partial charge in [0.05, 0.1) is 0 Å². The minimum absolute atomic E-state index is 0.321. The molecule has 3 rings (SSSR count). The second kappa shape index (κ2) is 5.78. The molecule has 1 heterocycles. The lowest BCUT2D eigenvalue weighted by Gasteiger charge is -2.40. The number of thioether (sulfide) groups is 1. The van der Waals surface area contributed by atoms with Gasteiger partial charge in [0, 0.05) is 52.4 Å². The minimum Gasteiger partial charge on any atom is -0.369 e. The molecule has 4 heteroatoms. The molecule has 110 valence electrons. The molecule has 0 aromatic heterocycles. The Labute approximate surface area is 131 Å². The highest BCUT2D eigenvalue weighted by Gasteiger charge is 2.29. The summed E-state index contributed by atoms with van der Waals surface area (Å²) >= 11 is 8.52. The SMILES string of the molecule is CC1(C)CN(c2cccc(Cl)c2CNC2CC2)CCS1. The molecule has 0 unspecified atom stereocenters. The van der Waals surface area contributed by atoms with Gasteiger partial charge in [0.1, 0.15) is 0 Å². The molecule has 1 saturated carbocycles. The molecule has 1 N–H and O–H groups in total. The highest BCUT2D eigenvalue weighted by atomic mass is 35.5. The first-order valence-corrected chi connectivity index (χ1v) is 8.81. The van der Waals surface area contributed by atoms with Crippen molar-refractivity contribution in [1.82, 2.24) is 5.32 Å². The average Bonchev–Trinajstić information content (AvgIpc) is 3.20. The second-order valence-corrected chi connectivity index (χ2v) is 8.63. The number of hydrogen-bond donors (Lipinski definition) is 1. The number of rotatable bonds is 4. The fourth-order valence-electron chi connectivity index (χ4n) is 2.77. The van der Waals surface area contributed by atoms with E-state index in [1.54, 1.807) is 0 Å². The maximum absolute atomic E-state index is 6.45. The first kappa shape index (κ1) is 14.6. The van der Waals surface area contributed by atoms with Crippen molar-refractivity contribution in [2.75, 3.05) is 23.7 Å². The van der Waals surface area contributed by atoms with E-state index in [0.29, 0.717) is 10.8 Å². The molecule has 2 aliphatic rings. The molecular weight excluding hydrogens is 288 g/mol. The normalized spacial score (nSPS) is 22.1. The Morgan fingerprint density at radius 2 is 2.20 bits per heavy atom. The van der Waals surface area contributed by atoms with E-state index < -0.39 is 0 Å². The topological polar surface area (TPSA) is 15.3 Å². The summed E-state index contributed by atoms with van der Waals surface area (Å²) in [6.07, 6.45) is 2.63. The molecule has 0 bridgehead atoms. The monoisotopic (exact) mass is 310 g/mol. The second-order valence-electron chi connectivity index (χ2n) is 6.42. The van der Waals surface area contributed by atoms with Gasteiger partial charge in [-0.05, 0) is 38.8 Å². The minimum atomic E-state index is 0.321. The number of anilines is 1. The van der Waals surface area contributed by atoms with Gasteiger partial charge in [0.15, 0.2) is 0 Å². The predicted molar refractivity (Wildman–Crippen MR) is 90.1 cm³/mol. The predicted octanol–water partition coefficient (Wildman–Crippen LogP) is 3.92. The molecule has 1 aliphatic carbocycles. The van der Waals surface area contributed by atoms with Crippen molar-refractivity contribution in [2.24, 2.45) is 0 Å². The molecule has 2 fully saturated rings. The molecule has 1 aromatic carbocycles. The summed E-state index contributed by atoms with van der Waals surface area (Å²) in [5.41, 5.74) is 2.59. The summed E-state index contributed by atoms with van der Waals surface area (Å²) in [5.74, 6) is 1.19. The molecule has 0 radical (unpaired) electrons. The Balaban J connectivity index is 1.81. The van der Waals surface area contributed by atoms with E-state index in [-0.39, 0.29) is 0 Å². The quantitative estimate of drug-likeness (QED) is 0.907.